The summed E-state index contributed by atoms with van der Waals surface area (Å²) in [4.78, 5) is 11.6. The van der Waals surface area contributed by atoms with Crippen molar-refractivity contribution >= 4 is 5.97 Å². The molecule has 1 N–H and O–H groups in total. The van der Waals surface area contributed by atoms with Crippen LogP contribution in [0.5, 0.6) is 0 Å². The molecule has 0 unspecified atom stereocenters. The smallest absolute Gasteiger partial charge is 0.305 e. The Bertz CT molecular complexity index is 640. The highest BCUT2D eigenvalue weighted by Gasteiger charge is 2.59. The van der Waals surface area contributed by atoms with Crippen LogP contribution in [0.1, 0.15) is 85.0 Å². The van der Waals surface area contributed by atoms with E-state index in [-0.39, 0.29) is 12.1 Å². The first-order chi connectivity index (χ1) is 13.3. The Kier molecular flexibility index (Phi) is 5.44. The van der Waals surface area contributed by atoms with Crippen LogP contribution < -0.4 is 0 Å². The number of hydrogen-bond acceptors (Lipinski definition) is 3. The minimum Gasteiger partial charge on any atom is -0.469 e. The predicted octanol–water partition coefficient (Wildman–Crippen LogP) is 5.52. The molecule has 8 atom stereocenters. The first kappa shape index (κ1) is 20.4. The molecule has 0 spiro atoms. The number of allylic oxidation sites excluding steroid dienone is 1. The summed E-state index contributed by atoms with van der Waals surface area (Å²) in [5.41, 5.74) is 2.34. The van der Waals surface area contributed by atoms with Gasteiger partial charge in [-0.1, -0.05) is 32.4 Å². The predicted molar refractivity (Wildman–Crippen MR) is 112 cm³/mol. The Morgan fingerprint density at radius 2 is 2.00 bits per heavy atom. The van der Waals surface area contributed by atoms with Gasteiger partial charge < -0.3 is 9.84 Å². The number of hydrogen-bond donors (Lipinski definition) is 1. The van der Waals surface area contributed by atoms with Gasteiger partial charge in [0.05, 0.1) is 13.2 Å². The van der Waals surface area contributed by atoms with Gasteiger partial charge in [0.25, 0.3) is 0 Å². The maximum Gasteiger partial charge on any atom is 0.305 e. The fourth-order valence-corrected chi connectivity index (χ4v) is 8.27. The third-order valence-corrected chi connectivity index (χ3v) is 9.87. The van der Waals surface area contributed by atoms with Crippen molar-refractivity contribution in [1.29, 1.82) is 0 Å². The first-order valence-corrected chi connectivity index (χ1v) is 11.7. The van der Waals surface area contributed by atoms with Gasteiger partial charge >= 0.3 is 5.97 Å². The molecule has 0 amide bonds. The second-order valence-corrected chi connectivity index (χ2v) is 11.0. The molecule has 0 radical (unpaired) electrons. The van der Waals surface area contributed by atoms with Gasteiger partial charge in [-0.05, 0) is 98.2 Å². The van der Waals surface area contributed by atoms with E-state index in [1.54, 1.807) is 5.57 Å². The quantitative estimate of drug-likeness (QED) is 0.510. The van der Waals surface area contributed by atoms with Gasteiger partial charge in [-0.3, -0.25) is 4.79 Å². The molecule has 3 heteroatoms. The average molecular weight is 389 g/mol. The van der Waals surface area contributed by atoms with Crippen molar-refractivity contribution in [2.75, 3.05) is 7.11 Å². The van der Waals surface area contributed by atoms with Gasteiger partial charge in [0.15, 0.2) is 0 Å². The van der Waals surface area contributed by atoms with Crippen LogP contribution in [-0.4, -0.2) is 24.3 Å². The summed E-state index contributed by atoms with van der Waals surface area (Å²) < 4.78 is 4.87. The van der Waals surface area contributed by atoms with Crippen molar-refractivity contribution in [3.63, 3.8) is 0 Å². The number of carbonyl (C=O) groups excluding carboxylic acids is 1. The van der Waals surface area contributed by atoms with Crippen LogP contribution in [0.15, 0.2) is 11.6 Å². The Morgan fingerprint density at radius 3 is 2.75 bits per heavy atom. The van der Waals surface area contributed by atoms with Crippen LogP contribution in [-0.2, 0) is 9.53 Å². The lowest BCUT2D eigenvalue weighted by atomic mass is 9.47. The zero-order valence-electron chi connectivity index (χ0n) is 18.4. The van der Waals surface area contributed by atoms with Crippen LogP contribution >= 0.6 is 0 Å². The van der Waals surface area contributed by atoms with Crippen molar-refractivity contribution in [2.45, 2.75) is 91.1 Å². The fourth-order valence-electron chi connectivity index (χ4n) is 8.27. The summed E-state index contributed by atoms with van der Waals surface area (Å²) in [7, 11) is 1.50. The monoisotopic (exact) mass is 388 g/mol. The lowest BCUT2D eigenvalue weighted by Crippen LogP contribution is -2.50. The van der Waals surface area contributed by atoms with E-state index in [0.717, 1.165) is 42.9 Å². The number of aliphatic hydroxyl groups excluding tert-OH is 1. The summed E-state index contributed by atoms with van der Waals surface area (Å²) in [6.45, 7) is 7.46. The van der Waals surface area contributed by atoms with E-state index in [0.29, 0.717) is 23.2 Å². The minimum absolute atomic E-state index is 0.0624. The molecule has 0 saturated heterocycles. The van der Waals surface area contributed by atoms with Crippen LogP contribution in [0, 0.1) is 40.4 Å². The highest BCUT2D eigenvalue weighted by Crippen LogP contribution is 2.67. The molecule has 3 fully saturated rings. The topological polar surface area (TPSA) is 46.5 Å². The zero-order valence-corrected chi connectivity index (χ0v) is 18.4. The van der Waals surface area contributed by atoms with E-state index in [9.17, 15) is 9.90 Å². The van der Waals surface area contributed by atoms with Crippen molar-refractivity contribution in [3.8, 4) is 0 Å². The van der Waals surface area contributed by atoms with Crippen molar-refractivity contribution in [1.82, 2.24) is 0 Å². The van der Waals surface area contributed by atoms with Gasteiger partial charge in [0.2, 0.25) is 0 Å². The Morgan fingerprint density at radius 1 is 1.21 bits per heavy atom. The Labute approximate surface area is 171 Å². The maximum atomic E-state index is 11.6. The number of rotatable bonds is 4. The molecular formula is C25H40O3. The third-order valence-electron chi connectivity index (χ3n) is 9.87. The van der Waals surface area contributed by atoms with Crippen LogP contribution in [0.4, 0.5) is 0 Å². The minimum atomic E-state index is -0.115. The van der Waals surface area contributed by atoms with Gasteiger partial charge in [-0.25, -0.2) is 0 Å². The molecule has 0 bridgehead atoms. The normalized spacial score (nSPS) is 46.0. The molecule has 28 heavy (non-hydrogen) atoms. The van der Waals surface area contributed by atoms with E-state index in [1.807, 2.05) is 0 Å². The second kappa shape index (κ2) is 7.45. The molecule has 0 heterocycles. The van der Waals surface area contributed by atoms with Gasteiger partial charge in [0.1, 0.15) is 0 Å². The maximum absolute atomic E-state index is 11.6. The molecule has 0 aromatic heterocycles. The van der Waals surface area contributed by atoms with Crippen LogP contribution in [0.2, 0.25) is 0 Å². The van der Waals surface area contributed by atoms with Gasteiger partial charge in [-0.15, -0.1) is 0 Å². The number of fused-ring (bicyclic) bond motifs is 5. The highest BCUT2D eigenvalue weighted by molar-refractivity contribution is 5.69. The van der Waals surface area contributed by atoms with E-state index in [4.69, 9.17) is 4.74 Å². The Hall–Kier alpha value is -0.830. The van der Waals surface area contributed by atoms with Gasteiger partial charge in [0, 0.05) is 6.42 Å². The molecule has 0 aliphatic heterocycles. The number of ether oxygens (including phenoxy) is 1. The van der Waals surface area contributed by atoms with Gasteiger partial charge in [-0.2, -0.15) is 0 Å². The number of aliphatic hydroxyl groups is 1. The molecule has 4 rings (SSSR count). The van der Waals surface area contributed by atoms with Crippen LogP contribution in [0.25, 0.3) is 0 Å². The first-order valence-electron chi connectivity index (χ1n) is 11.7. The fraction of sp³-hybridized carbons (Fsp3) is 0.880. The van der Waals surface area contributed by atoms with E-state index >= 15 is 0 Å². The van der Waals surface area contributed by atoms with E-state index < -0.39 is 0 Å². The van der Waals surface area contributed by atoms with Crippen molar-refractivity contribution in [2.24, 2.45) is 40.4 Å². The number of esters is 1. The molecule has 4 aliphatic carbocycles. The highest BCUT2D eigenvalue weighted by atomic mass is 16.5. The van der Waals surface area contributed by atoms with E-state index in [1.165, 1.54) is 45.6 Å². The second-order valence-electron chi connectivity index (χ2n) is 11.0. The molecule has 3 saturated carbocycles. The molecular weight excluding hydrogens is 348 g/mol. The van der Waals surface area contributed by atoms with Crippen molar-refractivity contribution < 1.29 is 14.6 Å². The average Bonchev–Trinajstić information content (AvgIpc) is 3.03. The Balaban J connectivity index is 1.51. The summed E-state index contributed by atoms with van der Waals surface area (Å²) in [6.07, 6.45) is 13.6. The third kappa shape index (κ3) is 3.16. The number of methoxy groups -OCH3 is 1. The zero-order chi connectivity index (χ0) is 20.1. The lowest BCUT2D eigenvalue weighted by Gasteiger charge is -2.58. The molecule has 4 aliphatic rings. The molecule has 0 aromatic carbocycles. The molecule has 3 nitrogen and oxygen atoms in total. The summed E-state index contributed by atoms with van der Waals surface area (Å²) in [5.74, 6) is 3.74. The summed E-state index contributed by atoms with van der Waals surface area (Å²) in [5, 5.41) is 10.2. The largest absolute Gasteiger partial charge is 0.469 e. The summed E-state index contributed by atoms with van der Waals surface area (Å²) in [6, 6.07) is 0. The standard InChI is InChI=1S/C25H40O3/c1-16(5-10-23(27)28-4)20-8-9-21-19-7-6-17-15-18(26)11-13-24(17,2)22(19)12-14-25(20,21)3/h6,16,18-22,26H,5,7-15H2,1-4H3/t16-,18+,19+,20+,21-,22-,24+,25-/m1/s1. The number of carbonyl (C=O) groups is 1. The SMILES string of the molecule is COC(=O)CC[C@@H](C)[C@@H]1CC[C@@H]2[C@@H]3CC=C4C[C@@H](O)CC[C@]4(C)[C@@H]3CC[C@@]21C. The molecule has 0 aromatic rings. The summed E-state index contributed by atoms with van der Waals surface area (Å²) >= 11 is 0. The van der Waals surface area contributed by atoms with E-state index in [2.05, 4.69) is 26.8 Å². The van der Waals surface area contributed by atoms with Crippen LogP contribution in [0.3, 0.4) is 0 Å². The molecule has 158 valence electrons. The van der Waals surface area contributed by atoms with Crippen molar-refractivity contribution in [3.05, 3.63) is 11.6 Å². The lowest BCUT2D eigenvalue weighted by molar-refractivity contribution is -0.141.